The fraction of sp³-hybridized carbons (Fsp3) is 0.150. The van der Waals surface area contributed by atoms with Crippen molar-refractivity contribution in [3.05, 3.63) is 77.7 Å². The number of para-hydroxylation sites is 2. The number of carbonyl (C=O) groups excluding carboxylic acids is 1. The molecule has 0 aliphatic rings. The van der Waals surface area contributed by atoms with Crippen LogP contribution in [0.1, 0.15) is 12.0 Å². The van der Waals surface area contributed by atoms with Crippen LogP contribution >= 0.6 is 11.6 Å². The van der Waals surface area contributed by atoms with Gasteiger partial charge in [0.05, 0.1) is 30.1 Å². The summed E-state index contributed by atoms with van der Waals surface area (Å²) in [6.45, 7) is 1.13. The third kappa shape index (κ3) is 4.01. The van der Waals surface area contributed by atoms with Crippen LogP contribution in [0.4, 0.5) is 5.82 Å². The Hall–Kier alpha value is -3.12. The molecular weight excluding hydrogens is 362 g/mol. The normalized spacial score (nSPS) is 11.0. The molecule has 0 aliphatic heterocycles. The molecule has 0 radical (unpaired) electrons. The Kier molecular flexibility index (Phi) is 4.89. The molecular formula is C20H18ClN5O. The van der Waals surface area contributed by atoms with Crippen LogP contribution < -0.4 is 5.32 Å². The van der Waals surface area contributed by atoms with Gasteiger partial charge in [0.2, 0.25) is 5.91 Å². The number of benzene rings is 2. The smallest absolute Gasteiger partial charge is 0.227 e. The minimum atomic E-state index is -0.0642. The van der Waals surface area contributed by atoms with Gasteiger partial charge in [-0.25, -0.2) is 9.67 Å². The molecule has 0 saturated heterocycles. The van der Waals surface area contributed by atoms with Crippen molar-refractivity contribution < 1.29 is 4.79 Å². The molecule has 27 heavy (non-hydrogen) atoms. The van der Waals surface area contributed by atoms with Crippen molar-refractivity contribution >= 4 is 34.4 Å². The van der Waals surface area contributed by atoms with Gasteiger partial charge in [0.15, 0.2) is 0 Å². The molecule has 2 heterocycles. The zero-order chi connectivity index (χ0) is 18.6. The number of aryl methyl sites for hydroxylation is 1. The van der Waals surface area contributed by atoms with Gasteiger partial charge in [-0.3, -0.25) is 4.79 Å². The van der Waals surface area contributed by atoms with E-state index in [2.05, 4.69) is 15.4 Å². The van der Waals surface area contributed by atoms with Gasteiger partial charge in [0, 0.05) is 24.1 Å². The summed E-state index contributed by atoms with van der Waals surface area (Å²) < 4.78 is 3.74. The Morgan fingerprint density at radius 1 is 1.07 bits per heavy atom. The molecule has 1 amide bonds. The number of imidazole rings is 1. The SMILES string of the molecule is O=C(CCn1cnc2ccccc21)Nc1ccnn1Cc1ccc(Cl)cc1. The summed E-state index contributed by atoms with van der Waals surface area (Å²) in [5.41, 5.74) is 3.01. The summed E-state index contributed by atoms with van der Waals surface area (Å²) in [7, 11) is 0. The Morgan fingerprint density at radius 2 is 1.89 bits per heavy atom. The van der Waals surface area contributed by atoms with Crippen LogP contribution in [0.2, 0.25) is 5.02 Å². The number of nitrogens with one attached hydrogen (secondary N) is 1. The zero-order valence-electron chi connectivity index (χ0n) is 14.5. The Morgan fingerprint density at radius 3 is 2.74 bits per heavy atom. The summed E-state index contributed by atoms with van der Waals surface area (Å²) >= 11 is 5.92. The average Bonchev–Trinajstić information content (AvgIpc) is 3.29. The first kappa shape index (κ1) is 17.3. The highest BCUT2D eigenvalue weighted by Crippen LogP contribution is 2.15. The molecule has 0 spiro atoms. The number of nitrogens with zero attached hydrogens (tertiary/aromatic N) is 4. The summed E-state index contributed by atoms with van der Waals surface area (Å²) in [5, 5.41) is 7.92. The van der Waals surface area contributed by atoms with Crippen molar-refractivity contribution in [1.82, 2.24) is 19.3 Å². The maximum atomic E-state index is 12.4. The number of anilines is 1. The zero-order valence-corrected chi connectivity index (χ0v) is 15.3. The number of carbonyl (C=O) groups is 1. The highest BCUT2D eigenvalue weighted by atomic mass is 35.5. The van der Waals surface area contributed by atoms with E-state index in [4.69, 9.17) is 11.6 Å². The number of fused-ring (bicyclic) bond motifs is 1. The van der Waals surface area contributed by atoms with E-state index in [0.717, 1.165) is 16.6 Å². The van der Waals surface area contributed by atoms with Gasteiger partial charge in [0.25, 0.3) is 0 Å². The number of halogens is 1. The van der Waals surface area contributed by atoms with E-state index in [1.807, 2.05) is 53.1 Å². The molecule has 4 aromatic rings. The van der Waals surface area contributed by atoms with Gasteiger partial charge in [-0.2, -0.15) is 5.10 Å². The van der Waals surface area contributed by atoms with E-state index < -0.39 is 0 Å². The molecule has 0 atom stereocenters. The van der Waals surface area contributed by atoms with E-state index in [9.17, 15) is 4.79 Å². The summed E-state index contributed by atoms with van der Waals surface area (Å²) in [4.78, 5) is 16.7. The van der Waals surface area contributed by atoms with Crippen LogP contribution in [0.3, 0.4) is 0 Å². The molecule has 4 rings (SSSR count). The molecule has 2 aromatic heterocycles. The second-order valence-electron chi connectivity index (χ2n) is 6.23. The van der Waals surface area contributed by atoms with Crippen LogP contribution in [0.15, 0.2) is 67.1 Å². The minimum absolute atomic E-state index is 0.0642. The maximum Gasteiger partial charge on any atom is 0.227 e. The molecule has 0 bridgehead atoms. The van der Waals surface area contributed by atoms with E-state index in [1.54, 1.807) is 23.3 Å². The summed E-state index contributed by atoms with van der Waals surface area (Å²) in [5.74, 6) is 0.607. The van der Waals surface area contributed by atoms with Crippen molar-refractivity contribution in [2.75, 3.05) is 5.32 Å². The molecule has 2 aromatic carbocycles. The van der Waals surface area contributed by atoms with Crippen LogP contribution in [0.25, 0.3) is 11.0 Å². The summed E-state index contributed by atoms with van der Waals surface area (Å²) in [6, 6.07) is 17.2. The minimum Gasteiger partial charge on any atom is -0.330 e. The largest absolute Gasteiger partial charge is 0.330 e. The van der Waals surface area contributed by atoms with E-state index >= 15 is 0 Å². The third-order valence-corrected chi connectivity index (χ3v) is 4.59. The fourth-order valence-electron chi connectivity index (χ4n) is 2.94. The first-order chi connectivity index (χ1) is 13.2. The Balaban J connectivity index is 1.38. The standard InChI is InChI=1S/C20H18ClN5O/c21-16-7-5-15(6-8-16)13-26-19(9-11-23-26)24-20(27)10-12-25-14-22-17-3-1-2-4-18(17)25/h1-9,11,14H,10,12-13H2,(H,24,27). The molecule has 6 nitrogen and oxygen atoms in total. The predicted octanol–water partition coefficient (Wildman–Crippen LogP) is 3.96. The van der Waals surface area contributed by atoms with Crippen LogP contribution in [-0.2, 0) is 17.9 Å². The van der Waals surface area contributed by atoms with Gasteiger partial charge in [-0.15, -0.1) is 0 Å². The third-order valence-electron chi connectivity index (χ3n) is 4.34. The molecule has 7 heteroatoms. The van der Waals surface area contributed by atoms with Gasteiger partial charge in [0.1, 0.15) is 5.82 Å². The lowest BCUT2D eigenvalue weighted by Gasteiger charge is -2.10. The lowest BCUT2D eigenvalue weighted by atomic mass is 10.2. The molecule has 0 aliphatic carbocycles. The van der Waals surface area contributed by atoms with Crippen molar-refractivity contribution in [1.29, 1.82) is 0 Å². The maximum absolute atomic E-state index is 12.4. The first-order valence-electron chi connectivity index (χ1n) is 8.65. The fourth-order valence-corrected chi connectivity index (χ4v) is 3.07. The summed E-state index contributed by atoms with van der Waals surface area (Å²) in [6.07, 6.45) is 3.80. The van der Waals surface area contributed by atoms with Gasteiger partial charge in [-0.1, -0.05) is 35.9 Å². The molecule has 0 unspecified atom stereocenters. The van der Waals surface area contributed by atoms with Crippen LogP contribution in [0, 0.1) is 0 Å². The van der Waals surface area contributed by atoms with E-state index in [-0.39, 0.29) is 5.91 Å². The second-order valence-corrected chi connectivity index (χ2v) is 6.66. The Labute approximate surface area is 161 Å². The van der Waals surface area contributed by atoms with Gasteiger partial charge >= 0.3 is 0 Å². The number of amides is 1. The molecule has 0 saturated carbocycles. The highest BCUT2D eigenvalue weighted by molar-refractivity contribution is 6.30. The number of rotatable bonds is 6. The van der Waals surface area contributed by atoms with Crippen LogP contribution in [-0.4, -0.2) is 25.2 Å². The lowest BCUT2D eigenvalue weighted by molar-refractivity contribution is -0.116. The van der Waals surface area contributed by atoms with E-state index in [0.29, 0.717) is 30.4 Å². The lowest BCUT2D eigenvalue weighted by Crippen LogP contribution is -2.17. The van der Waals surface area contributed by atoms with Gasteiger partial charge in [-0.05, 0) is 29.8 Å². The van der Waals surface area contributed by atoms with Crippen molar-refractivity contribution in [3.8, 4) is 0 Å². The predicted molar refractivity (Wildman–Crippen MR) is 106 cm³/mol. The van der Waals surface area contributed by atoms with Crippen molar-refractivity contribution in [3.63, 3.8) is 0 Å². The number of aromatic nitrogens is 4. The molecule has 1 N–H and O–H groups in total. The molecule has 136 valence electrons. The number of hydrogen-bond acceptors (Lipinski definition) is 3. The highest BCUT2D eigenvalue weighted by Gasteiger charge is 2.09. The van der Waals surface area contributed by atoms with Crippen molar-refractivity contribution in [2.24, 2.45) is 0 Å². The van der Waals surface area contributed by atoms with Gasteiger partial charge < -0.3 is 9.88 Å². The van der Waals surface area contributed by atoms with Crippen LogP contribution in [0.5, 0.6) is 0 Å². The Bertz CT molecular complexity index is 1070. The topological polar surface area (TPSA) is 64.7 Å². The average molecular weight is 380 g/mol. The second kappa shape index (κ2) is 7.63. The monoisotopic (exact) mass is 379 g/mol. The number of hydrogen-bond donors (Lipinski definition) is 1. The molecule has 0 fully saturated rings. The van der Waals surface area contributed by atoms with Crippen molar-refractivity contribution in [2.45, 2.75) is 19.5 Å². The van der Waals surface area contributed by atoms with E-state index in [1.165, 1.54) is 0 Å². The quantitative estimate of drug-likeness (QED) is 0.551. The first-order valence-corrected chi connectivity index (χ1v) is 9.03.